The van der Waals surface area contributed by atoms with Gasteiger partial charge >= 0.3 is 0 Å². The summed E-state index contributed by atoms with van der Waals surface area (Å²) in [6.45, 7) is 5.30. The van der Waals surface area contributed by atoms with Gasteiger partial charge in [-0.2, -0.15) is 0 Å². The van der Waals surface area contributed by atoms with Crippen molar-refractivity contribution in [2.24, 2.45) is 5.11 Å². The number of nitrogens with zero attached hydrogens (tertiary/aromatic N) is 6. The number of benzene rings is 1. The van der Waals surface area contributed by atoms with Gasteiger partial charge in [-0.25, -0.2) is 0 Å². The third-order valence-corrected chi connectivity index (χ3v) is 3.87. The lowest BCUT2D eigenvalue weighted by Crippen LogP contribution is -2.43. The fraction of sp³-hybridized carbons (Fsp3) is 0.400. The van der Waals surface area contributed by atoms with Gasteiger partial charge in [0, 0.05) is 48.7 Å². The molecule has 3 rings (SSSR count). The van der Waals surface area contributed by atoms with Crippen molar-refractivity contribution in [2.45, 2.75) is 6.54 Å². The highest BCUT2D eigenvalue weighted by molar-refractivity contribution is 5.81. The van der Waals surface area contributed by atoms with Crippen molar-refractivity contribution < 1.29 is 0 Å². The molecule has 1 aromatic carbocycles. The SMILES string of the molecule is CN1CCN(Cc2ccc3cc(N=[N+]=[N-])ccc3n2)CC1. The second kappa shape index (κ2) is 6.10. The predicted octanol–water partition coefficient (Wildman–Crippen LogP) is 2.92. The highest BCUT2D eigenvalue weighted by Gasteiger charge is 2.14. The van der Waals surface area contributed by atoms with Crippen LogP contribution in [0.15, 0.2) is 35.4 Å². The molecular formula is C15H18N6. The second-order valence-electron chi connectivity index (χ2n) is 5.45. The number of rotatable bonds is 3. The molecule has 6 heteroatoms. The number of hydrogen-bond donors (Lipinski definition) is 0. The molecule has 0 bridgehead atoms. The topological polar surface area (TPSA) is 68.1 Å². The average Bonchev–Trinajstić information content (AvgIpc) is 2.50. The van der Waals surface area contributed by atoms with E-state index in [4.69, 9.17) is 10.5 Å². The first kappa shape index (κ1) is 13.8. The summed E-state index contributed by atoms with van der Waals surface area (Å²) >= 11 is 0. The van der Waals surface area contributed by atoms with Crippen molar-refractivity contribution >= 4 is 16.6 Å². The molecule has 21 heavy (non-hydrogen) atoms. The zero-order chi connectivity index (χ0) is 14.7. The lowest BCUT2D eigenvalue weighted by atomic mass is 10.2. The maximum Gasteiger partial charge on any atom is 0.0706 e. The molecule has 1 aliphatic heterocycles. The zero-order valence-corrected chi connectivity index (χ0v) is 12.1. The lowest BCUT2D eigenvalue weighted by molar-refractivity contribution is 0.147. The van der Waals surface area contributed by atoms with E-state index < -0.39 is 0 Å². The Labute approximate surface area is 123 Å². The number of likely N-dealkylation sites (N-methyl/N-ethyl adjacent to an activating group) is 1. The van der Waals surface area contributed by atoms with Crippen LogP contribution in [-0.2, 0) is 6.54 Å². The minimum absolute atomic E-state index is 0.624. The van der Waals surface area contributed by atoms with Crippen LogP contribution in [0, 0.1) is 0 Å². The van der Waals surface area contributed by atoms with E-state index in [2.05, 4.69) is 32.9 Å². The average molecular weight is 282 g/mol. The third kappa shape index (κ3) is 3.31. The quantitative estimate of drug-likeness (QED) is 0.494. The van der Waals surface area contributed by atoms with Gasteiger partial charge in [-0.1, -0.05) is 17.2 Å². The minimum atomic E-state index is 0.624. The van der Waals surface area contributed by atoms with E-state index in [0.717, 1.165) is 49.3 Å². The van der Waals surface area contributed by atoms with Gasteiger partial charge in [0.15, 0.2) is 0 Å². The molecule has 0 saturated carbocycles. The van der Waals surface area contributed by atoms with Crippen LogP contribution in [0.1, 0.15) is 5.69 Å². The summed E-state index contributed by atoms with van der Waals surface area (Å²) in [6.07, 6.45) is 0. The monoisotopic (exact) mass is 282 g/mol. The number of azide groups is 1. The van der Waals surface area contributed by atoms with E-state index >= 15 is 0 Å². The molecule has 0 aliphatic carbocycles. The van der Waals surface area contributed by atoms with Gasteiger partial charge in [0.25, 0.3) is 0 Å². The first-order chi connectivity index (χ1) is 10.2. The molecule has 0 N–H and O–H groups in total. The van der Waals surface area contributed by atoms with Crippen molar-refractivity contribution in [1.29, 1.82) is 0 Å². The summed E-state index contributed by atoms with van der Waals surface area (Å²) in [7, 11) is 2.16. The maximum absolute atomic E-state index is 8.47. The van der Waals surface area contributed by atoms with E-state index in [-0.39, 0.29) is 0 Å². The molecule has 0 amide bonds. The number of aromatic nitrogens is 1. The van der Waals surface area contributed by atoms with Gasteiger partial charge < -0.3 is 4.90 Å². The third-order valence-electron chi connectivity index (χ3n) is 3.87. The van der Waals surface area contributed by atoms with Crippen LogP contribution in [0.25, 0.3) is 21.3 Å². The number of pyridine rings is 1. The van der Waals surface area contributed by atoms with E-state index in [1.807, 2.05) is 18.2 Å². The van der Waals surface area contributed by atoms with E-state index in [0.29, 0.717) is 5.69 Å². The van der Waals surface area contributed by atoms with Crippen LogP contribution in [0.3, 0.4) is 0 Å². The summed E-state index contributed by atoms with van der Waals surface area (Å²) in [4.78, 5) is 12.3. The summed E-state index contributed by atoms with van der Waals surface area (Å²) < 4.78 is 0. The Kier molecular flexibility index (Phi) is 4.01. The molecule has 1 fully saturated rings. The smallest absolute Gasteiger partial charge is 0.0706 e. The Morgan fingerprint density at radius 3 is 2.76 bits per heavy atom. The van der Waals surface area contributed by atoms with Gasteiger partial charge in [-0.05, 0) is 30.8 Å². The fourth-order valence-electron chi connectivity index (χ4n) is 2.59. The van der Waals surface area contributed by atoms with Gasteiger partial charge in [0.1, 0.15) is 0 Å². The molecule has 1 saturated heterocycles. The number of fused-ring (bicyclic) bond motifs is 1. The van der Waals surface area contributed by atoms with Gasteiger partial charge in [-0.3, -0.25) is 9.88 Å². The molecule has 2 aromatic rings. The summed E-state index contributed by atoms with van der Waals surface area (Å²) in [5.41, 5.74) is 11.1. The molecule has 1 aliphatic rings. The number of hydrogen-bond acceptors (Lipinski definition) is 4. The zero-order valence-electron chi connectivity index (χ0n) is 12.1. The van der Waals surface area contributed by atoms with E-state index in [9.17, 15) is 0 Å². The van der Waals surface area contributed by atoms with Crippen LogP contribution >= 0.6 is 0 Å². The first-order valence-corrected chi connectivity index (χ1v) is 7.10. The second-order valence-corrected chi connectivity index (χ2v) is 5.45. The molecule has 2 heterocycles. The van der Waals surface area contributed by atoms with Crippen LogP contribution in [-0.4, -0.2) is 48.0 Å². The first-order valence-electron chi connectivity index (χ1n) is 7.10. The Morgan fingerprint density at radius 2 is 2.00 bits per heavy atom. The van der Waals surface area contributed by atoms with Crippen molar-refractivity contribution in [1.82, 2.24) is 14.8 Å². The molecule has 0 radical (unpaired) electrons. The summed E-state index contributed by atoms with van der Waals surface area (Å²) in [6, 6.07) is 9.67. The molecule has 0 unspecified atom stereocenters. The number of piperazine rings is 1. The van der Waals surface area contributed by atoms with Crippen molar-refractivity contribution in [3.63, 3.8) is 0 Å². The maximum atomic E-state index is 8.47. The Balaban J connectivity index is 1.78. The van der Waals surface area contributed by atoms with Crippen LogP contribution in [0.5, 0.6) is 0 Å². The van der Waals surface area contributed by atoms with Crippen molar-refractivity contribution in [2.75, 3.05) is 33.2 Å². The normalized spacial score (nSPS) is 16.8. The highest BCUT2D eigenvalue weighted by Crippen LogP contribution is 2.21. The molecule has 0 spiro atoms. The molecule has 6 nitrogen and oxygen atoms in total. The largest absolute Gasteiger partial charge is 0.304 e. The molecule has 108 valence electrons. The molecule has 1 aromatic heterocycles. The fourth-order valence-corrected chi connectivity index (χ4v) is 2.59. The van der Waals surface area contributed by atoms with Crippen LogP contribution < -0.4 is 0 Å². The van der Waals surface area contributed by atoms with Crippen LogP contribution in [0.2, 0.25) is 0 Å². The Bertz CT molecular complexity index is 684. The molecule has 0 atom stereocenters. The summed E-state index contributed by atoms with van der Waals surface area (Å²) in [5.74, 6) is 0. The van der Waals surface area contributed by atoms with Crippen molar-refractivity contribution in [3.05, 3.63) is 46.5 Å². The standard InChI is InChI=1S/C15H18N6/c1-20-6-8-21(9-7-20)11-14-3-2-12-10-13(18-19-16)4-5-15(12)17-14/h2-5,10H,6-9,11H2,1H3. The highest BCUT2D eigenvalue weighted by atomic mass is 15.2. The van der Waals surface area contributed by atoms with Crippen LogP contribution in [0.4, 0.5) is 5.69 Å². The minimum Gasteiger partial charge on any atom is -0.304 e. The molecular weight excluding hydrogens is 264 g/mol. The predicted molar refractivity (Wildman–Crippen MR) is 83.3 cm³/mol. The Hall–Kier alpha value is -2.14. The Morgan fingerprint density at radius 1 is 1.19 bits per heavy atom. The summed E-state index contributed by atoms with van der Waals surface area (Å²) in [5, 5.41) is 4.62. The lowest BCUT2D eigenvalue weighted by Gasteiger charge is -2.32. The van der Waals surface area contributed by atoms with E-state index in [1.165, 1.54) is 0 Å². The van der Waals surface area contributed by atoms with Gasteiger partial charge in [-0.15, -0.1) is 0 Å². The van der Waals surface area contributed by atoms with Gasteiger partial charge in [0.05, 0.1) is 11.2 Å². The van der Waals surface area contributed by atoms with E-state index in [1.54, 1.807) is 6.07 Å². The van der Waals surface area contributed by atoms with Crippen molar-refractivity contribution in [3.8, 4) is 0 Å². The van der Waals surface area contributed by atoms with Gasteiger partial charge in [0.2, 0.25) is 0 Å².